The van der Waals surface area contributed by atoms with Crippen LogP contribution in [0, 0.1) is 0 Å². The third kappa shape index (κ3) is 7.62. The van der Waals surface area contributed by atoms with Crippen LogP contribution in [0.25, 0.3) is 0 Å². The zero-order chi connectivity index (χ0) is 12.5. The molecule has 1 rings (SSSR count). The Bertz CT molecular complexity index is 380. The molecule has 0 unspecified atom stereocenters. The largest absolute Gasteiger partial charge is 1.00 e. The van der Waals surface area contributed by atoms with Crippen LogP contribution in [-0.2, 0) is 18.6 Å². The van der Waals surface area contributed by atoms with Gasteiger partial charge in [-0.1, -0.05) is 0 Å². The van der Waals surface area contributed by atoms with Gasteiger partial charge in [0.25, 0.3) is 0 Å². The van der Waals surface area contributed by atoms with Crippen LogP contribution in [0.3, 0.4) is 0 Å². The summed E-state index contributed by atoms with van der Waals surface area (Å²) in [5.41, 5.74) is 0. The van der Waals surface area contributed by atoms with Crippen molar-refractivity contribution in [2.24, 2.45) is 0 Å². The van der Waals surface area contributed by atoms with E-state index >= 15 is 0 Å². The first-order valence-electron chi connectivity index (χ1n) is 3.87. The standard InChI is InChI=1S/C6H7O9P.3Na/c7-1-2(8)4-3(9)5(6(10)14-4)15-16(11,12)13;;;/h2,4,9H,1H2,(H2,11,12,13);;;/q-2;3*+1/p-1/t2-,4+;;;/m0.../s1. The summed E-state index contributed by atoms with van der Waals surface area (Å²) in [6.07, 6.45) is -3.92. The number of rotatable bonds is 4. The summed E-state index contributed by atoms with van der Waals surface area (Å²) >= 11 is 0. The molecule has 1 aliphatic rings. The maximum absolute atomic E-state index is 11.2. The number of carbonyl (C=O) groups is 1. The Morgan fingerprint density at radius 2 is 1.84 bits per heavy atom. The Kier molecular flexibility index (Phi) is 14.4. The summed E-state index contributed by atoms with van der Waals surface area (Å²) in [4.78, 5) is 27.6. The summed E-state index contributed by atoms with van der Waals surface area (Å²) in [5.74, 6) is -4.05. The van der Waals surface area contributed by atoms with Crippen molar-refractivity contribution < 1.29 is 132 Å². The number of hydrogen-bond acceptors (Lipinski definition) is 7. The summed E-state index contributed by atoms with van der Waals surface area (Å²) in [5, 5.41) is 32.3. The monoisotopic (exact) mass is 322 g/mol. The van der Waals surface area contributed by atoms with E-state index in [1.807, 2.05) is 0 Å². The molecule has 1 heterocycles. The molecular formula is C6H6Na3O9P. The zero-order valence-corrected chi connectivity index (χ0v) is 17.5. The first-order chi connectivity index (χ1) is 7.26. The Hall–Kier alpha value is 1.88. The van der Waals surface area contributed by atoms with Crippen molar-refractivity contribution in [1.82, 2.24) is 0 Å². The smallest absolute Gasteiger partial charge is 0.870 e. The van der Waals surface area contributed by atoms with E-state index in [1.54, 1.807) is 0 Å². The molecule has 0 spiro atoms. The van der Waals surface area contributed by atoms with Gasteiger partial charge in [0.2, 0.25) is 5.76 Å². The van der Waals surface area contributed by atoms with E-state index in [1.165, 1.54) is 0 Å². The van der Waals surface area contributed by atoms with E-state index in [9.17, 15) is 24.7 Å². The third-order valence-electron chi connectivity index (χ3n) is 1.61. The van der Waals surface area contributed by atoms with Crippen molar-refractivity contribution >= 4 is 13.8 Å². The van der Waals surface area contributed by atoms with Crippen molar-refractivity contribution in [2.75, 3.05) is 6.61 Å². The molecule has 2 N–H and O–H groups in total. The van der Waals surface area contributed by atoms with Gasteiger partial charge in [0.15, 0.2) is 0 Å². The molecular weight excluding hydrogens is 316 g/mol. The molecule has 0 amide bonds. The third-order valence-corrected chi connectivity index (χ3v) is 2.03. The number of ether oxygens (including phenoxy) is 1. The summed E-state index contributed by atoms with van der Waals surface area (Å²) in [6, 6.07) is 0. The molecule has 9 nitrogen and oxygen atoms in total. The van der Waals surface area contributed by atoms with Gasteiger partial charge in [0.1, 0.15) is 6.10 Å². The molecule has 0 aliphatic carbocycles. The molecule has 13 heteroatoms. The van der Waals surface area contributed by atoms with E-state index in [2.05, 4.69) is 9.26 Å². The van der Waals surface area contributed by atoms with Gasteiger partial charge in [0.05, 0.1) is 0 Å². The topological polar surface area (TPSA) is 162 Å². The fourth-order valence-corrected chi connectivity index (χ4v) is 1.39. The zero-order valence-electron chi connectivity index (χ0n) is 10.6. The molecule has 19 heavy (non-hydrogen) atoms. The van der Waals surface area contributed by atoms with E-state index in [-0.39, 0.29) is 88.7 Å². The van der Waals surface area contributed by atoms with Crippen molar-refractivity contribution in [2.45, 2.75) is 12.2 Å². The molecule has 0 radical (unpaired) electrons. The predicted molar refractivity (Wildman–Crippen MR) is 38.7 cm³/mol. The number of esters is 1. The van der Waals surface area contributed by atoms with Gasteiger partial charge in [-0.15, -0.1) is 12.7 Å². The summed E-state index contributed by atoms with van der Waals surface area (Å²) in [6.45, 7) is -1.22. The van der Waals surface area contributed by atoms with Gasteiger partial charge in [0, 0.05) is 0 Å². The first-order valence-corrected chi connectivity index (χ1v) is 5.40. The maximum Gasteiger partial charge on any atom is 1.00 e. The van der Waals surface area contributed by atoms with Gasteiger partial charge in [-0.25, -0.2) is 9.36 Å². The van der Waals surface area contributed by atoms with Crippen LogP contribution >= 0.6 is 7.82 Å². The molecule has 0 fully saturated rings. The van der Waals surface area contributed by atoms with Gasteiger partial charge in [-0.05, 0) is 5.76 Å². The van der Waals surface area contributed by atoms with Gasteiger partial charge in [-0.2, -0.15) is 0 Å². The van der Waals surface area contributed by atoms with Crippen LogP contribution in [0.2, 0.25) is 0 Å². The van der Waals surface area contributed by atoms with Gasteiger partial charge < -0.3 is 24.6 Å². The molecule has 0 aromatic carbocycles. The normalized spacial score (nSPS) is 19.6. The van der Waals surface area contributed by atoms with Crippen LogP contribution in [0.5, 0.6) is 0 Å². The van der Waals surface area contributed by atoms with E-state index in [0.717, 1.165) is 0 Å². The van der Waals surface area contributed by atoms with Crippen LogP contribution in [0.4, 0.5) is 0 Å². The fraction of sp³-hybridized carbons (Fsp3) is 0.500. The number of cyclic esters (lactones) is 1. The van der Waals surface area contributed by atoms with Crippen molar-refractivity contribution in [3.63, 3.8) is 0 Å². The molecule has 92 valence electrons. The molecule has 0 saturated heterocycles. The minimum Gasteiger partial charge on any atom is -0.870 e. The van der Waals surface area contributed by atoms with Crippen LogP contribution in [-0.4, -0.2) is 34.6 Å². The molecule has 0 aromatic rings. The quantitative estimate of drug-likeness (QED) is 0.290. The Balaban J connectivity index is -0.000000853. The second kappa shape index (κ2) is 10.6. The SMILES string of the molecule is O=C1O[C@H]([C@@H]([O-])C[O-])C([O-])=C1OP(=O)(O)O.[Na+].[Na+].[Na+]. The van der Waals surface area contributed by atoms with Crippen molar-refractivity contribution in [1.29, 1.82) is 0 Å². The number of hydrogen-bond donors (Lipinski definition) is 2. The maximum atomic E-state index is 11.2. The summed E-state index contributed by atoms with van der Waals surface area (Å²) < 4.78 is 18.3. The average molecular weight is 322 g/mol. The van der Waals surface area contributed by atoms with E-state index in [4.69, 9.17) is 9.79 Å². The summed E-state index contributed by atoms with van der Waals surface area (Å²) in [7, 11) is -5.09. The van der Waals surface area contributed by atoms with Gasteiger partial charge >= 0.3 is 102 Å². The number of carbonyl (C=O) groups excluding carboxylic acids is 1. The minimum atomic E-state index is -5.09. The minimum absolute atomic E-state index is 0. The van der Waals surface area contributed by atoms with Gasteiger partial charge in [-0.3, -0.25) is 9.79 Å². The van der Waals surface area contributed by atoms with Crippen LogP contribution in [0.1, 0.15) is 0 Å². The predicted octanol–water partition coefficient (Wildman–Crippen LogP) is -13.3. The first kappa shape index (κ1) is 25.8. The molecule has 1 aliphatic heterocycles. The Morgan fingerprint density at radius 3 is 2.21 bits per heavy atom. The van der Waals surface area contributed by atoms with E-state index < -0.39 is 44.1 Å². The fourth-order valence-electron chi connectivity index (χ4n) is 0.985. The second-order valence-corrected chi connectivity index (χ2v) is 3.97. The molecule has 0 saturated carbocycles. The Morgan fingerprint density at radius 1 is 1.37 bits per heavy atom. The van der Waals surface area contributed by atoms with E-state index in [0.29, 0.717) is 0 Å². The number of phosphoric ester groups is 1. The van der Waals surface area contributed by atoms with Crippen molar-refractivity contribution in [3.05, 3.63) is 11.5 Å². The van der Waals surface area contributed by atoms with Crippen LogP contribution < -0.4 is 104 Å². The molecule has 0 bridgehead atoms. The van der Waals surface area contributed by atoms with Crippen molar-refractivity contribution in [3.8, 4) is 0 Å². The second-order valence-electron chi connectivity index (χ2n) is 2.81. The van der Waals surface area contributed by atoms with Crippen LogP contribution in [0.15, 0.2) is 11.5 Å². The average Bonchev–Trinajstić information content (AvgIpc) is 2.42. The molecule has 2 atom stereocenters. The molecule has 0 aromatic heterocycles. The Labute approximate surface area is 174 Å². The number of phosphoric acid groups is 1.